The molecule has 0 saturated carbocycles. The van der Waals surface area contributed by atoms with E-state index in [-0.39, 0.29) is 0 Å². The van der Waals surface area contributed by atoms with Gasteiger partial charge in [0.2, 0.25) is 0 Å². The van der Waals surface area contributed by atoms with Crippen molar-refractivity contribution in [1.29, 1.82) is 0 Å². The van der Waals surface area contributed by atoms with Gasteiger partial charge in [-0.1, -0.05) is 67.6 Å². The summed E-state index contributed by atoms with van der Waals surface area (Å²) in [6.45, 7) is 1.80. The third kappa shape index (κ3) is 3.37. The van der Waals surface area contributed by atoms with Gasteiger partial charge in [-0.25, -0.2) is 0 Å². The molecular weight excluding hydrogens is 271 g/mol. The molecule has 0 aliphatic heterocycles. The van der Waals surface area contributed by atoms with Gasteiger partial charge in [-0.3, -0.25) is 4.57 Å². The van der Waals surface area contributed by atoms with E-state index >= 15 is 0 Å². The Labute approximate surface area is 119 Å². The predicted molar refractivity (Wildman–Crippen MR) is 80.5 cm³/mol. The fourth-order valence-corrected chi connectivity index (χ4v) is 3.51. The lowest BCUT2D eigenvalue weighted by molar-refractivity contribution is 0.359. The standard InChI is InChI=1S/C16H18O3P/c1-2-15(20(17,18)19)16(13-9-5-3-6-10-13)14-11-7-4-8-12-14/h3-12,15H,2H2,1H3,(H2,17,18,19). The lowest BCUT2D eigenvalue weighted by atomic mass is 9.87. The van der Waals surface area contributed by atoms with Gasteiger partial charge in [0.05, 0.1) is 5.66 Å². The highest BCUT2D eigenvalue weighted by molar-refractivity contribution is 7.52. The van der Waals surface area contributed by atoms with E-state index < -0.39 is 13.3 Å². The molecule has 3 nitrogen and oxygen atoms in total. The Morgan fingerprint density at radius 3 is 1.65 bits per heavy atom. The van der Waals surface area contributed by atoms with Crippen molar-refractivity contribution in [1.82, 2.24) is 0 Å². The van der Waals surface area contributed by atoms with Crippen LogP contribution in [0, 0.1) is 5.92 Å². The summed E-state index contributed by atoms with van der Waals surface area (Å²) in [6, 6.07) is 18.9. The van der Waals surface area contributed by atoms with Crippen LogP contribution in [0.25, 0.3) is 0 Å². The Hall–Kier alpha value is -1.41. The van der Waals surface area contributed by atoms with Crippen LogP contribution in [0.2, 0.25) is 0 Å². The van der Waals surface area contributed by atoms with Gasteiger partial charge in [-0.2, -0.15) is 0 Å². The van der Waals surface area contributed by atoms with E-state index in [0.29, 0.717) is 12.3 Å². The topological polar surface area (TPSA) is 57.5 Å². The maximum Gasteiger partial charge on any atom is 0.329 e. The fourth-order valence-electron chi connectivity index (χ4n) is 2.40. The van der Waals surface area contributed by atoms with Gasteiger partial charge in [0, 0.05) is 5.92 Å². The summed E-state index contributed by atoms with van der Waals surface area (Å²) in [4.78, 5) is 19.3. The largest absolute Gasteiger partial charge is 0.329 e. The quantitative estimate of drug-likeness (QED) is 0.827. The summed E-state index contributed by atoms with van der Waals surface area (Å²) in [6.07, 6.45) is 0.392. The van der Waals surface area contributed by atoms with Gasteiger partial charge in [-0.05, 0) is 17.5 Å². The van der Waals surface area contributed by atoms with E-state index in [1.54, 1.807) is 6.92 Å². The summed E-state index contributed by atoms with van der Waals surface area (Å²) in [7, 11) is -4.20. The van der Waals surface area contributed by atoms with Crippen LogP contribution in [0.1, 0.15) is 24.5 Å². The van der Waals surface area contributed by atoms with Crippen molar-refractivity contribution < 1.29 is 14.4 Å². The average Bonchev–Trinajstić information content (AvgIpc) is 2.45. The van der Waals surface area contributed by atoms with Gasteiger partial charge in [-0.15, -0.1) is 0 Å². The average molecular weight is 289 g/mol. The van der Waals surface area contributed by atoms with Gasteiger partial charge in [0.15, 0.2) is 0 Å². The smallest absolute Gasteiger partial charge is 0.324 e. The van der Waals surface area contributed by atoms with E-state index in [0.717, 1.165) is 11.1 Å². The first-order valence-corrected chi connectivity index (χ1v) is 8.25. The molecule has 20 heavy (non-hydrogen) atoms. The minimum absolute atomic E-state index is 0.392. The normalized spacial score (nSPS) is 13.4. The number of rotatable bonds is 5. The summed E-state index contributed by atoms with van der Waals surface area (Å²) >= 11 is 0. The monoisotopic (exact) mass is 289 g/mol. The lowest BCUT2D eigenvalue weighted by Crippen LogP contribution is -2.20. The Morgan fingerprint density at radius 2 is 1.35 bits per heavy atom. The maximum absolute atomic E-state index is 11.8. The summed E-state index contributed by atoms with van der Waals surface area (Å²) in [5.74, 6) is 0.710. The molecule has 2 aromatic carbocycles. The molecule has 1 atom stereocenters. The fraction of sp³-hybridized carbons (Fsp3) is 0.188. The zero-order valence-electron chi connectivity index (χ0n) is 11.3. The van der Waals surface area contributed by atoms with Crippen molar-refractivity contribution >= 4 is 7.60 Å². The zero-order chi connectivity index (χ0) is 14.6. The van der Waals surface area contributed by atoms with Crippen molar-refractivity contribution in [2.75, 3.05) is 0 Å². The molecule has 2 N–H and O–H groups in total. The molecule has 0 heterocycles. The Balaban J connectivity index is 2.53. The molecule has 0 spiro atoms. The molecule has 0 aromatic heterocycles. The van der Waals surface area contributed by atoms with Crippen molar-refractivity contribution in [2.24, 2.45) is 0 Å². The van der Waals surface area contributed by atoms with Crippen LogP contribution in [0.4, 0.5) is 0 Å². The number of benzene rings is 2. The molecule has 0 aliphatic carbocycles. The van der Waals surface area contributed by atoms with Gasteiger partial charge in [0.25, 0.3) is 0 Å². The molecule has 1 unspecified atom stereocenters. The Bertz CT molecular complexity index is 538. The lowest BCUT2D eigenvalue weighted by Gasteiger charge is -2.27. The third-order valence-corrected chi connectivity index (χ3v) is 4.73. The molecule has 2 rings (SSSR count). The van der Waals surface area contributed by atoms with Crippen LogP contribution in [0.5, 0.6) is 0 Å². The van der Waals surface area contributed by atoms with Crippen molar-refractivity contribution in [3.63, 3.8) is 0 Å². The van der Waals surface area contributed by atoms with Crippen LogP contribution in [-0.2, 0) is 4.57 Å². The summed E-state index contributed by atoms with van der Waals surface area (Å²) < 4.78 is 11.8. The predicted octanol–water partition coefficient (Wildman–Crippen LogP) is 3.61. The van der Waals surface area contributed by atoms with E-state index in [4.69, 9.17) is 0 Å². The van der Waals surface area contributed by atoms with Crippen molar-refractivity contribution in [2.45, 2.75) is 19.0 Å². The minimum Gasteiger partial charge on any atom is -0.324 e. The summed E-state index contributed by atoms with van der Waals surface area (Å²) in [5, 5.41) is 0. The second-order valence-electron chi connectivity index (χ2n) is 4.66. The van der Waals surface area contributed by atoms with Crippen LogP contribution in [-0.4, -0.2) is 15.4 Å². The highest BCUT2D eigenvalue weighted by Crippen LogP contribution is 2.51. The molecule has 0 amide bonds. The first kappa shape index (κ1) is 15.0. The van der Waals surface area contributed by atoms with E-state index in [1.807, 2.05) is 60.7 Å². The minimum atomic E-state index is -4.20. The van der Waals surface area contributed by atoms with Crippen LogP contribution >= 0.6 is 7.60 Å². The number of hydrogen-bond acceptors (Lipinski definition) is 1. The van der Waals surface area contributed by atoms with E-state index in [2.05, 4.69) is 0 Å². The second kappa shape index (κ2) is 6.36. The Morgan fingerprint density at radius 1 is 0.950 bits per heavy atom. The summed E-state index contributed by atoms with van der Waals surface area (Å²) in [5.41, 5.74) is 0.926. The van der Waals surface area contributed by atoms with Gasteiger partial charge >= 0.3 is 7.60 Å². The zero-order valence-corrected chi connectivity index (χ0v) is 12.2. The van der Waals surface area contributed by atoms with E-state index in [1.165, 1.54) is 0 Å². The van der Waals surface area contributed by atoms with Crippen molar-refractivity contribution in [3.8, 4) is 0 Å². The number of hydrogen-bond donors (Lipinski definition) is 2. The Kier molecular flexibility index (Phi) is 4.77. The van der Waals surface area contributed by atoms with Crippen LogP contribution < -0.4 is 0 Å². The highest BCUT2D eigenvalue weighted by atomic mass is 31.2. The molecule has 0 aliphatic rings. The maximum atomic E-state index is 11.8. The van der Waals surface area contributed by atoms with Crippen LogP contribution in [0.3, 0.4) is 0 Å². The molecule has 105 valence electrons. The SMILES string of the molecule is CCC([C](c1ccccc1)c1ccccc1)P(=O)(O)O. The van der Waals surface area contributed by atoms with Crippen LogP contribution in [0.15, 0.2) is 60.7 Å². The second-order valence-corrected chi connectivity index (χ2v) is 6.46. The molecule has 2 aromatic rings. The molecular formula is C16H18O3P. The molecule has 1 radical (unpaired) electrons. The first-order chi connectivity index (χ1) is 9.54. The van der Waals surface area contributed by atoms with Gasteiger partial charge < -0.3 is 9.79 Å². The molecule has 0 fully saturated rings. The molecule has 0 saturated heterocycles. The molecule has 4 heteroatoms. The van der Waals surface area contributed by atoms with Gasteiger partial charge in [0.1, 0.15) is 0 Å². The third-order valence-electron chi connectivity index (χ3n) is 3.30. The molecule has 0 bridgehead atoms. The highest BCUT2D eigenvalue weighted by Gasteiger charge is 2.37. The van der Waals surface area contributed by atoms with E-state index in [9.17, 15) is 14.4 Å². The first-order valence-electron chi connectivity index (χ1n) is 6.57. The van der Waals surface area contributed by atoms with Crippen molar-refractivity contribution in [3.05, 3.63) is 77.7 Å².